The van der Waals surface area contributed by atoms with Crippen LogP contribution in [0.4, 0.5) is 0 Å². The lowest BCUT2D eigenvalue weighted by atomic mass is 10.0. The van der Waals surface area contributed by atoms with Gasteiger partial charge >= 0.3 is 0 Å². The van der Waals surface area contributed by atoms with Crippen LogP contribution in [0.5, 0.6) is 17.2 Å². The van der Waals surface area contributed by atoms with Gasteiger partial charge in [0, 0.05) is 5.56 Å². The number of carbonyl (C=O) groups excluding carboxylic acids is 1. The smallest absolute Gasteiger partial charge is 0.185 e. The number of ether oxygens (including phenoxy) is 1. The van der Waals surface area contributed by atoms with Crippen molar-refractivity contribution >= 4 is 11.9 Å². The van der Waals surface area contributed by atoms with Crippen LogP contribution in [-0.2, 0) is 0 Å². The van der Waals surface area contributed by atoms with Crippen LogP contribution in [0.25, 0.3) is 6.08 Å². The molecule has 0 unspecified atom stereocenters. The maximum atomic E-state index is 12.2. The standard InChI is InChI=1S/C19H20O4/c1-4-23-19-13(3)11-12(2)18(22)16(19)9-10-17(21)14-5-7-15(20)8-6-14/h5-11,20,22H,4H2,1-3H3. The molecule has 0 radical (unpaired) electrons. The number of hydrogen-bond donors (Lipinski definition) is 2. The highest BCUT2D eigenvalue weighted by molar-refractivity contribution is 6.07. The Kier molecular flexibility index (Phi) is 5.06. The van der Waals surface area contributed by atoms with E-state index in [-0.39, 0.29) is 17.3 Å². The number of aryl methyl sites for hydroxylation is 2. The van der Waals surface area contributed by atoms with E-state index < -0.39 is 0 Å². The minimum atomic E-state index is -0.217. The number of phenolic OH excluding ortho intramolecular Hbond substituents is 2. The maximum Gasteiger partial charge on any atom is 0.185 e. The van der Waals surface area contributed by atoms with E-state index in [1.54, 1.807) is 25.1 Å². The Labute approximate surface area is 135 Å². The highest BCUT2D eigenvalue weighted by Crippen LogP contribution is 2.35. The van der Waals surface area contributed by atoms with Crippen LogP contribution in [0.15, 0.2) is 36.4 Å². The van der Waals surface area contributed by atoms with Crippen molar-refractivity contribution in [3.63, 3.8) is 0 Å². The fourth-order valence-electron chi connectivity index (χ4n) is 2.36. The molecular weight excluding hydrogens is 292 g/mol. The molecule has 0 atom stereocenters. The Bertz CT molecular complexity index is 743. The summed E-state index contributed by atoms with van der Waals surface area (Å²) < 4.78 is 5.60. The van der Waals surface area contributed by atoms with E-state index in [1.165, 1.54) is 18.2 Å². The molecule has 4 heteroatoms. The number of phenols is 2. The summed E-state index contributed by atoms with van der Waals surface area (Å²) in [6.45, 7) is 6.04. The first-order chi connectivity index (χ1) is 10.9. The summed E-state index contributed by atoms with van der Waals surface area (Å²) in [5, 5.41) is 19.5. The van der Waals surface area contributed by atoms with Crippen molar-refractivity contribution in [3.05, 3.63) is 58.7 Å². The zero-order valence-electron chi connectivity index (χ0n) is 13.5. The molecule has 0 bridgehead atoms. The van der Waals surface area contributed by atoms with Crippen LogP contribution in [-0.4, -0.2) is 22.6 Å². The van der Waals surface area contributed by atoms with Gasteiger partial charge in [-0.05, 0) is 74.4 Å². The third kappa shape index (κ3) is 3.72. The summed E-state index contributed by atoms with van der Waals surface area (Å²) in [6.07, 6.45) is 2.96. The van der Waals surface area contributed by atoms with Crippen LogP contribution in [0.3, 0.4) is 0 Å². The van der Waals surface area contributed by atoms with Gasteiger partial charge in [-0.1, -0.05) is 0 Å². The molecule has 2 N–H and O–H groups in total. The topological polar surface area (TPSA) is 66.8 Å². The highest BCUT2D eigenvalue weighted by atomic mass is 16.5. The molecule has 0 amide bonds. The molecule has 0 fully saturated rings. The predicted octanol–water partition coefficient (Wildman–Crippen LogP) is 4.01. The van der Waals surface area contributed by atoms with Crippen LogP contribution in [0, 0.1) is 13.8 Å². The molecular formula is C19H20O4. The minimum absolute atomic E-state index is 0.105. The zero-order chi connectivity index (χ0) is 17.0. The van der Waals surface area contributed by atoms with Crippen molar-refractivity contribution in [3.8, 4) is 17.2 Å². The number of aromatic hydroxyl groups is 2. The maximum absolute atomic E-state index is 12.2. The largest absolute Gasteiger partial charge is 0.508 e. The van der Waals surface area contributed by atoms with E-state index in [2.05, 4.69) is 0 Å². The Morgan fingerprint density at radius 1 is 1.13 bits per heavy atom. The number of allylic oxidation sites excluding steroid dienone is 1. The molecule has 0 heterocycles. The lowest BCUT2D eigenvalue weighted by molar-refractivity contribution is 0.104. The fourth-order valence-corrected chi connectivity index (χ4v) is 2.36. The van der Waals surface area contributed by atoms with E-state index in [9.17, 15) is 15.0 Å². The summed E-state index contributed by atoms with van der Waals surface area (Å²) in [6, 6.07) is 7.86. The van der Waals surface area contributed by atoms with Crippen molar-refractivity contribution in [2.24, 2.45) is 0 Å². The van der Waals surface area contributed by atoms with Gasteiger partial charge in [0.2, 0.25) is 0 Å². The molecule has 120 valence electrons. The Morgan fingerprint density at radius 2 is 1.78 bits per heavy atom. The van der Waals surface area contributed by atoms with Crippen LogP contribution in [0.1, 0.15) is 34.0 Å². The molecule has 0 spiro atoms. The van der Waals surface area contributed by atoms with Gasteiger partial charge in [-0.2, -0.15) is 0 Å². The van der Waals surface area contributed by atoms with E-state index in [0.717, 1.165) is 11.1 Å². The van der Waals surface area contributed by atoms with Gasteiger partial charge in [0.15, 0.2) is 5.78 Å². The molecule has 0 saturated heterocycles. The molecule has 0 saturated carbocycles. The van der Waals surface area contributed by atoms with Crippen LogP contribution < -0.4 is 4.74 Å². The first kappa shape index (κ1) is 16.6. The minimum Gasteiger partial charge on any atom is -0.508 e. The molecule has 0 aliphatic heterocycles. The first-order valence-corrected chi connectivity index (χ1v) is 7.41. The van der Waals surface area contributed by atoms with Crippen molar-refractivity contribution in [2.45, 2.75) is 20.8 Å². The third-order valence-electron chi connectivity index (χ3n) is 3.51. The third-order valence-corrected chi connectivity index (χ3v) is 3.51. The molecule has 23 heavy (non-hydrogen) atoms. The van der Waals surface area contributed by atoms with Crippen molar-refractivity contribution < 1.29 is 19.7 Å². The van der Waals surface area contributed by atoms with E-state index in [1.807, 2.05) is 19.9 Å². The number of hydrogen-bond acceptors (Lipinski definition) is 4. The van der Waals surface area contributed by atoms with Gasteiger partial charge < -0.3 is 14.9 Å². The van der Waals surface area contributed by atoms with Crippen molar-refractivity contribution in [2.75, 3.05) is 6.61 Å². The highest BCUT2D eigenvalue weighted by Gasteiger charge is 2.13. The summed E-state index contributed by atoms with van der Waals surface area (Å²) in [7, 11) is 0. The fraction of sp³-hybridized carbons (Fsp3) is 0.211. The van der Waals surface area contributed by atoms with E-state index in [0.29, 0.717) is 23.5 Å². The molecule has 0 aliphatic rings. The normalized spacial score (nSPS) is 10.9. The van der Waals surface area contributed by atoms with E-state index in [4.69, 9.17) is 4.74 Å². The molecule has 4 nitrogen and oxygen atoms in total. The monoisotopic (exact) mass is 312 g/mol. The second-order valence-electron chi connectivity index (χ2n) is 5.28. The van der Waals surface area contributed by atoms with Gasteiger partial charge in [0.05, 0.1) is 12.2 Å². The van der Waals surface area contributed by atoms with Crippen LogP contribution >= 0.6 is 0 Å². The lowest BCUT2D eigenvalue weighted by Gasteiger charge is -2.14. The molecule has 0 aromatic heterocycles. The molecule has 2 aromatic carbocycles. The quantitative estimate of drug-likeness (QED) is 0.646. The van der Waals surface area contributed by atoms with Gasteiger partial charge in [0.1, 0.15) is 17.2 Å². The Morgan fingerprint density at radius 3 is 2.39 bits per heavy atom. The number of carbonyl (C=O) groups is 1. The number of rotatable bonds is 5. The van der Waals surface area contributed by atoms with Gasteiger partial charge in [-0.3, -0.25) is 4.79 Å². The first-order valence-electron chi connectivity index (χ1n) is 7.41. The SMILES string of the molecule is CCOc1c(C)cc(C)c(O)c1C=CC(=O)c1ccc(O)cc1. The zero-order valence-corrected chi connectivity index (χ0v) is 13.5. The van der Waals surface area contributed by atoms with Crippen molar-refractivity contribution in [1.29, 1.82) is 0 Å². The summed E-state index contributed by atoms with van der Waals surface area (Å²) in [5.74, 6) is 0.571. The molecule has 2 rings (SSSR count). The average Bonchev–Trinajstić information content (AvgIpc) is 2.52. The number of ketones is 1. The second-order valence-corrected chi connectivity index (χ2v) is 5.28. The Balaban J connectivity index is 2.38. The molecule has 0 aliphatic carbocycles. The van der Waals surface area contributed by atoms with Gasteiger partial charge in [0.25, 0.3) is 0 Å². The second kappa shape index (κ2) is 7.01. The number of benzene rings is 2. The van der Waals surface area contributed by atoms with Crippen LogP contribution in [0.2, 0.25) is 0 Å². The molecule has 2 aromatic rings. The summed E-state index contributed by atoms with van der Waals surface area (Å²) >= 11 is 0. The van der Waals surface area contributed by atoms with Crippen molar-refractivity contribution in [1.82, 2.24) is 0 Å². The lowest BCUT2D eigenvalue weighted by Crippen LogP contribution is -1.99. The van der Waals surface area contributed by atoms with Gasteiger partial charge in [-0.15, -0.1) is 0 Å². The Hall–Kier alpha value is -2.75. The average molecular weight is 312 g/mol. The van der Waals surface area contributed by atoms with E-state index >= 15 is 0 Å². The predicted molar refractivity (Wildman–Crippen MR) is 90.2 cm³/mol. The van der Waals surface area contributed by atoms with Gasteiger partial charge in [-0.25, -0.2) is 0 Å². The summed E-state index contributed by atoms with van der Waals surface area (Å²) in [4.78, 5) is 12.2. The summed E-state index contributed by atoms with van der Waals surface area (Å²) in [5.41, 5.74) is 2.58.